The van der Waals surface area contributed by atoms with Gasteiger partial charge in [0.1, 0.15) is 17.7 Å². The number of anilines is 2. The van der Waals surface area contributed by atoms with Crippen molar-refractivity contribution in [3.63, 3.8) is 0 Å². The smallest absolute Gasteiger partial charge is 0.377 e. The Bertz CT molecular complexity index is 1190. The van der Waals surface area contributed by atoms with Crippen molar-refractivity contribution in [1.82, 2.24) is 18.8 Å². The van der Waals surface area contributed by atoms with Gasteiger partial charge in [-0.15, -0.1) is 0 Å². The van der Waals surface area contributed by atoms with E-state index in [2.05, 4.69) is 9.97 Å². The van der Waals surface area contributed by atoms with Crippen LogP contribution < -0.4 is 15.4 Å². The molecule has 2 unspecified atom stereocenters. The van der Waals surface area contributed by atoms with E-state index in [0.29, 0.717) is 31.3 Å². The van der Waals surface area contributed by atoms with Crippen molar-refractivity contribution in [1.29, 1.82) is 0 Å². The molecule has 0 bridgehead atoms. The number of alkyl halides is 3. The summed E-state index contributed by atoms with van der Waals surface area (Å²) in [5.74, 6) is 0.422. The highest BCUT2D eigenvalue weighted by molar-refractivity contribution is 7.89. The number of aromatic nitrogens is 3. The van der Waals surface area contributed by atoms with E-state index in [1.807, 2.05) is 11.8 Å². The zero-order valence-corrected chi connectivity index (χ0v) is 19.9. The summed E-state index contributed by atoms with van der Waals surface area (Å²) in [6, 6.07) is 0.659. The highest BCUT2D eigenvalue weighted by atomic mass is 32.2. The number of hydrogen-bond acceptors (Lipinski definition) is 7. The Morgan fingerprint density at radius 3 is 2.53 bits per heavy atom. The minimum atomic E-state index is -4.74. The fraction of sp³-hybridized carbons (Fsp3) is 0.600. The highest BCUT2D eigenvalue weighted by Crippen LogP contribution is 2.33. The van der Waals surface area contributed by atoms with Crippen LogP contribution in [0.15, 0.2) is 28.2 Å². The Balaban J connectivity index is 1.66. The summed E-state index contributed by atoms with van der Waals surface area (Å²) in [5, 5.41) is -0.293. The molecule has 10 nitrogen and oxygen atoms in total. The standard InChI is InChI=1S/C20H27F3N6O4S/c1-13-12-33-7-6-28(13)15-8-17(25-18(30)9-15)29-5-4-27(10-16(29)20(21,22)23)34(31,32)19-11-26(3)14(2)24-19/h8-9,11,13,16H,4-7,10,12H2,1-3H3,(H,25,30). The molecule has 14 heteroatoms. The van der Waals surface area contributed by atoms with Gasteiger partial charge in [-0.3, -0.25) is 4.79 Å². The number of pyridine rings is 1. The number of piperazine rings is 1. The maximum absolute atomic E-state index is 14.1. The molecule has 2 aliphatic heterocycles. The number of sulfonamides is 1. The second kappa shape index (κ2) is 8.89. The van der Waals surface area contributed by atoms with E-state index in [1.165, 1.54) is 22.9 Å². The van der Waals surface area contributed by atoms with Gasteiger partial charge in [0.2, 0.25) is 0 Å². The summed E-state index contributed by atoms with van der Waals surface area (Å²) in [6.45, 7) is 3.63. The molecule has 1 N–H and O–H groups in total. The Morgan fingerprint density at radius 2 is 1.91 bits per heavy atom. The average molecular weight is 505 g/mol. The van der Waals surface area contributed by atoms with Crippen LogP contribution in [0.3, 0.4) is 0 Å². The first kappa shape index (κ1) is 24.5. The van der Waals surface area contributed by atoms with Gasteiger partial charge >= 0.3 is 6.18 Å². The lowest BCUT2D eigenvalue weighted by atomic mass is 10.1. The summed E-state index contributed by atoms with van der Waals surface area (Å²) < 4.78 is 76.1. The summed E-state index contributed by atoms with van der Waals surface area (Å²) >= 11 is 0. The molecule has 4 rings (SSSR count). The second-order valence-corrected chi connectivity index (χ2v) is 10.4. The number of halogens is 3. The summed E-state index contributed by atoms with van der Waals surface area (Å²) in [4.78, 5) is 21.8. The van der Waals surface area contributed by atoms with Gasteiger partial charge in [-0.05, 0) is 13.8 Å². The average Bonchev–Trinajstić information content (AvgIpc) is 3.11. The Morgan fingerprint density at radius 1 is 1.18 bits per heavy atom. The molecule has 188 valence electrons. The van der Waals surface area contributed by atoms with Gasteiger partial charge in [0.05, 0.1) is 13.2 Å². The first-order valence-corrected chi connectivity index (χ1v) is 12.2. The van der Waals surface area contributed by atoms with Crippen LogP contribution in [0.2, 0.25) is 0 Å². The number of nitrogens with zero attached hydrogens (tertiary/aromatic N) is 5. The number of hydrogen-bond donors (Lipinski definition) is 1. The zero-order valence-electron chi connectivity index (χ0n) is 19.0. The first-order chi connectivity index (χ1) is 15.9. The topological polar surface area (TPSA) is 104 Å². The molecule has 2 atom stereocenters. The number of H-pyrrole nitrogens is 1. The van der Waals surface area contributed by atoms with Crippen molar-refractivity contribution in [2.75, 3.05) is 49.2 Å². The lowest BCUT2D eigenvalue weighted by Gasteiger charge is -2.42. The molecule has 0 radical (unpaired) electrons. The van der Waals surface area contributed by atoms with Crippen LogP contribution in [0, 0.1) is 6.92 Å². The second-order valence-electron chi connectivity index (χ2n) is 8.56. The number of imidazole rings is 1. The highest BCUT2D eigenvalue weighted by Gasteiger charge is 2.49. The van der Waals surface area contributed by atoms with Crippen LogP contribution in [0.25, 0.3) is 0 Å². The van der Waals surface area contributed by atoms with Crippen LogP contribution >= 0.6 is 0 Å². The number of aromatic amines is 1. The SMILES string of the molecule is Cc1nc(S(=O)(=O)N2CCN(c3cc(N4CCOCC4C)cc(=O)[nH]3)C(C(F)(F)F)C2)cn1C. The number of nitrogens with one attached hydrogen (secondary N) is 1. The van der Waals surface area contributed by atoms with Crippen LogP contribution in [0.4, 0.5) is 24.7 Å². The van der Waals surface area contributed by atoms with Crippen LogP contribution in [-0.2, 0) is 21.8 Å². The van der Waals surface area contributed by atoms with Crippen molar-refractivity contribution in [2.24, 2.45) is 7.05 Å². The van der Waals surface area contributed by atoms with Crippen molar-refractivity contribution in [3.8, 4) is 0 Å². The van der Waals surface area contributed by atoms with Gasteiger partial charge in [0.15, 0.2) is 5.03 Å². The maximum Gasteiger partial charge on any atom is 0.410 e. The molecule has 2 aromatic rings. The molecular weight excluding hydrogens is 477 g/mol. The third-order valence-electron chi connectivity index (χ3n) is 6.24. The molecular formula is C20H27F3N6O4S. The Hall–Kier alpha value is -2.58. The monoisotopic (exact) mass is 504 g/mol. The Labute approximate surface area is 195 Å². The molecule has 34 heavy (non-hydrogen) atoms. The minimum absolute atomic E-state index is 0.00533. The molecule has 0 spiro atoms. The molecule has 2 aromatic heterocycles. The van der Waals surface area contributed by atoms with Crippen molar-refractivity contribution < 1.29 is 26.3 Å². The maximum atomic E-state index is 14.1. The van der Waals surface area contributed by atoms with Gasteiger partial charge in [-0.2, -0.15) is 17.5 Å². The van der Waals surface area contributed by atoms with Gasteiger partial charge in [-0.25, -0.2) is 13.4 Å². The number of rotatable bonds is 4. The number of morpholine rings is 1. The molecule has 2 saturated heterocycles. The van der Waals surface area contributed by atoms with Crippen molar-refractivity contribution in [2.45, 2.75) is 37.1 Å². The predicted molar refractivity (Wildman–Crippen MR) is 119 cm³/mol. The number of ether oxygens (including phenoxy) is 1. The van der Waals surface area contributed by atoms with Gasteiger partial charge in [0.25, 0.3) is 15.6 Å². The fourth-order valence-electron chi connectivity index (χ4n) is 4.27. The first-order valence-electron chi connectivity index (χ1n) is 10.8. The van der Waals surface area contributed by atoms with Gasteiger partial charge in [-0.1, -0.05) is 0 Å². The lowest BCUT2D eigenvalue weighted by Crippen LogP contribution is -2.60. The van der Waals surface area contributed by atoms with Crippen molar-refractivity contribution in [3.05, 3.63) is 34.5 Å². The number of aryl methyl sites for hydroxylation is 2. The van der Waals surface area contributed by atoms with Gasteiger partial charge < -0.3 is 24.1 Å². The lowest BCUT2D eigenvalue weighted by molar-refractivity contribution is -0.153. The fourth-order valence-corrected chi connectivity index (χ4v) is 5.74. The molecule has 4 heterocycles. The predicted octanol–water partition coefficient (Wildman–Crippen LogP) is 1.08. The molecule has 0 aromatic carbocycles. The Kier molecular flexibility index (Phi) is 6.42. The van der Waals surface area contributed by atoms with E-state index in [9.17, 15) is 26.4 Å². The van der Waals surface area contributed by atoms with E-state index < -0.39 is 34.3 Å². The van der Waals surface area contributed by atoms with Crippen LogP contribution in [0.1, 0.15) is 12.7 Å². The van der Waals surface area contributed by atoms with Gasteiger partial charge in [0, 0.05) is 63.3 Å². The van der Waals surface area contributed by atoms with E-state index in [1.54, 1.807) is 14.0 Å². The third-order valence-corrected chi connectivity index (χ3v) is 7.97. The zero-order chi connectivity index (χ0) is 24.8. The molecule has 0 aliphatic carbocycles. The quantitative estimate of drug-likeness (QED) is 0.665. The summed E-state index contributed by atoms with van der Waals surface area (Å²) in [5.41, 5.74) is -0.0411. The van der Waals surface area contributed by atoms with E-state index in [0.717, 1.165) is 9.21 Å². The third kappa shape index (κ3) is 4.66. The van der Waals surface area contributed by atoms with Crippen molar-refractivity contribution >= 4 is 21.5 Å². The molecule has 0 amide bonds. The summed E-state index contributed by atoms with van der Waals surface area (Å²) in [6.07, 6.45) is -3.46. The molecule has 2 fully saturated rings. The van der Waals surface area contributed by atoms with E-state index in [-0.39, 0.29) is 30.0 Å². The molecule has 2 aliphatic rings. The largest absolute Gasteiger partial charge is 0.410 e. The van der Waals surface area contributed by atoms with E-state index in [4.69, 9.17) is 4.74 Å². The van der Waals surface area contributed by atoms with Crippen LogP contribution in [-0.4, -0.2) is 84.9 Å². The van der Waals surface area contributed by atoms with Crippen LogP contribution in [0.5, 0.6) is 0 Å². The minimum Gasteiger partial charge on any atom is -0.377 e. The van der Waals surface area contributed by atoms with E-state index >= 15 is 0 Å². The normalized spacial score (nSPS) is 22.9. The summed E-state index contributed by atoms with van der Waals surface area (Å²) in [7, 11) is -2.61. The molecule has 0 saturated carbocycles.